The van der Waals surface area contributed by atoms with Gasteiger partial charge in [-0.25, -0.2) is 5.43 Å². The largest absolute Gasteiger partial charge is 0.482 e. The monoisotopic (exact) mass is 280 g/mol. The number of carbonyl (C=O) groups is 1. The van der Waals surface area contributed by atoms with Crippen molar-refractivity contribution in [1.82, 2.24) is 10.4 Å². The van der Waals surface area contributed by atoms with Crippen LogP contribution in [0.4, 0.5) is 0 Å². The second kappa shape index (κ2) is 7.40. The zero-order chi connectivity index (χ0) is 14.9. The topological polar surface area (TPSA) is 87.4 Å². The van der Waals surface area contributed by atoms with Crippen LogP contribution in [0.15, 0.2) is 53.9 Å². The van der Waals surface area contributed by atoms with E-state index in [1.807, 2.05) is 12.1 Å². The van der Waals surface area contributed by atoms with E-state index in [-0.39, 0.29) is 6.61 Å². The van der Waals surface area contributed by atoms with Crippen LogP contribution in [0.25, 0.3) is 0 Å². The fourth-order valence-electron chi connectivity index (χ4n) is 1.49. The van der Waals surface area contributed by atoms with Crippen molar-refractivity contribution in [2.24, 2.45) is 5.10 Å². The van der Waals surface area contributed by atoms with Gasteiger partial charge in [0.1, 0.15) is 11.8 Å². The number of nitrogens with one attached hydrogen (secondary N) is 1. The van der Waals surface area contributed by atoms with Gasteiger partial charge in [-0.05, 0) is 18.2 Å². The first-order valence-corrected chi connectivity index (χ1v) is 6.13. The molecule has 0 unspecified atom stereocenters. The average Bonchev–Trinajstić information content (AvgIpc) is 2.54. The Morgan fingerprint density at radius 3 is 3.00 bits per heavy atom. The molecule has 104 valence electrons. The van der Waals surface area contributed by atoms with E-state index in [9.17, 15) is 4.79 Å². The third-order valence-corrected chi connectivity index (χ3v) is 2.45. The van der Waals surface area contributed by atoms with Crippen LogP contribution < -0.4 is 10.2 Å². The first-order valence-electron chi connectivity index (χ1n) is 6.13. The molecule has 0 spiro atoms. The van der Waals surface area contributed by atoms with Gasteiger partial charge in [-0.3, -0.25) is 9.78 Å². The lowest BCUT2D eigenvalue weighted by molar-refractivity contribution is -0.123. The van der Waals surface area contributed by atoms with Crippen molar-refractivity contribution in [2.75, 3.05) is 6.61 Å². The van der Waals surface area contributed by atoms with Crippen molar-refractivity contribution in [2.45, 2.75) is 0 Å². The number of hydrogen-bond donors (Lipinski definition) is 1. The molecule has 0 fully saturated rings. The van der Waals surface area contributed by atoms with Gasteiger partial charge in [-0.1, -0.05) is 18.2 Å². The third-order valence-electron chi connectivity index (χ3n) is 2.45. The zero-order valence-corrected chi connectivity index (χ0v) is 11.1. The van der Waals surface area contributed by atoms with Gasteiger partial charge in [0, 0.05) is 18.0 Å². The number of carbonyl (C=O) groups excluding carboxylic acids is 1. The van der Waals surface area contributed by atoms with Gasteiger partial charge in [-0.15, -0.1) is 0 Å². The summed E-state index contributed by atoms with van der Waals surface area (Å²) in [7, 11) is 0. The van der Waals surface area contributed by atoms with Crippen molar-refractivity contribution in [1.29, 1.82) is 5.26 Å². The number of pyridine rings is 1. The number of ether oxygens (including phenoxy) is 1. The Hall–Kier alpha value is -3.20. The molecule has 0 aliphatic carbocycles. The third kappa shape index (κ3) is 4.44. The molecule has 21 heavy (non-hydrogen) atoms. The molecule has 6 heteroatoms. The van der Waals surface area contributed by atoms with Crippen LogP contribution >= 0.6 is 0 Å². The summed E-state index contributed by atoms with van der Waals surface area (Å²) < 4.78 is 5.27. The van der Waals surface area contributed by atoms with Crippen LogP contribution in [0, 0.1) is 11.3 Å². The van der Waals surface area contributed by atoms with Crippen LogP contribution in [0.3, 0.4) is 0 Å². The fourth-order valence-corrected chi connectivity index (χ4v) is 1.49. The van der Waals surface area contributed by atoms with Gasteiger partial charge in [0.25, 0.3) is 5.91 Å². The fraction of sp³-hybridized carbons (Fsp3) is 0.0667. The van der Waals surface area contributed by atoms with Crippen molar-refractivity contribution in [3.05, 3.63) is 59.9 Å². The van der Waals surface area contributed by atoms with Crippen molar-refractivity contribution < 1.29 is 9.53 Å². The van der Waals surface area contributed by atoms with E-state index in [4.69, 9.17) is 10.00 Å². The molecule has 0 aliphatic rings. The molecular formula is C15H12N4O2. The van der Waals surface area contributed by atoms with E-state index in [1.165, 1.54) is 6.21 Å². The van der Waals surface area contributed by atoms with Crippen LogP contribution in [0.1, 0.15) is 11.1 Å². The molecule has 0 radical (unpaired) electrons. The summed E-state index contributed by atoms with van der Waals surface area (Å²) in [6.07, 6.45) is 4.75. The van der Waals surface area contributed by atoms with Crippen LogP contribution in [-0.2, 0) is 4.79 Å². The number of amides is 1. The number of para-hydroxylation sites is 1. The van der Waals surface area contributed by atoms with E-state index >= 15 is 0 Å². The van der Waals surface area contributed by atoms with E-state index < -0.39 is 5.91 Å². The first-order chi connectivity index (χ1) is 10.3. The molecule has 2 aromatic rings. The molecule has 1 aromatic heterocycles. The first kappa shape index (κ1) is 14.2. The maximum Gasteiger partial charge on any atom is 0.277 e. The van der Waals surface area contributed by atoms with Gasteiger partial charge in [-0.2, -0.15) is 10.4 Å². The molecule has 0 saturated heterocycles. The van der Waals surface area contributed by atoms with Crippen LogP contribution in [0.5, 0.6) is 5.75 Å². The summed E-state index contributed by atoms with van der Waals surface area (Å²) in [6, 6.07) is 12.3. The zero-order valence-electron chi connectivity index (χ0n) is 11.1. The van der Waals surface area contributed by atoms with Crippen molar-refractivity contribution in [3.63, 3.8) is 0 Å². The standard InChI is InChI=1S/C15H12N4O2/c16-8-13-5-1-2-6-14(13)21-11-15(20)19-18-10-12-4-3-7-17-9-12/h1-7,9-10H,11H2,(H,19,20). The minimum atomic E-state index is -0.414. The molecule has 1 aromatic carbocycles. The number of hydrazone groups is 1. The smallest absolute Gasteiger partial charge is 0.277 e. The number of hydrogen-bond acceptors (Lipinski definition) is 5. The van der Waals surface area contributed by atoms with Gasteiger partial charge >= 0.3 is 0 Å². The lowest BCUT2D eigenvalue weighted by Gasteiger charge is -2.06. The average molecular weight is 280 g/mol. The second-order valence-electron chi connectivity index (χ2n) is 3.98. The second-order valence-corrected chi connectivity index (χ2v) is 3.98. The van der Waals surface area contributed by atoms with E-state index in [1.54, 1.807) is 42.7 Å². The summed E-state index contributed by atoms with van der Waals surface area (Å²) in [6.45, 7) is -0.219. The summed E-state index contributed by atoms with van der Waals surface area (Å²) in [5, 5.41) is 12.7. The van der Waals surface area contributed by atoms with Crippen molar-refractivity contribution >= 4 is 12.1 Å². The number of benzene rings is 1. The summed E-state index contributed by atoms with van der Waals surface area (Å²) in [4.78, 5) is 15.5. The van der Waals surface area contributed by atoms with E-state index in [0.29, 0.717) is 11.3 Å². The van der Waals surface area contributed by atoms with E-state index in [2.05, 4.69) is 15.5 Å². The highest BCUT2D eigenvalue weighted by molar-refractivity contribution is 5.82. The molecule has 0 bridgehead atoms. The Balaban J connectivity index is 1.83. The SMILES string of the molecule is N#Cc1ccccc1OCC(=O)NN=Cc1cccnc1. The highest BCUT2D eigenvalue weighted by Gasteiger charge is 2.05. The Labute approximate surface area is 121 Å². The highest BCUT2D eigenvalue weighted by Crippen LogP contribution is 2.15. The Morgan fingerprint density at radius 1 is 1.38 bits per heavy atom. The molecule has 0 saturated carbocycles. The number of nitrogens with zero attached hydrogens (tertiary/aromatic N) is 3. The molecule has 1 amide bonds. The van der Waals surface area contributed by atoms with Crippen LogP contribution in [0.2, 0.25) is 0 Å². The molecule has 6 nitrogen and oxygen atoms in total. The lowest BCUT2D eigenvalue weighted by Crippen LogP contribution is -2.24. The highest BCUT2D eigenvalue weighted by atomic mass is 16.5. The van der Waals surface area contributed by atoms with Crippen LogP contribution in [-0.4, -0.2) is 23.7 Å². The van der Waals surface area contributed by atoms with Crippen molar-refractivity contribution in [3.8, 4) is 11.8 Å². The quantitative estimate of drug-likeness (QED) is 0.664. The maximum absolute atomic E-state index is 11.6. The van der Waals surface area contributed by atoms with Gasteiger partial charge < -0.3 is 4.74 Å². The minimum Gasteiger partial charge on any atom is -0.482 e. The number of rotatable bonds is 5. The molecule has 2 rings (SSSR count). The predicted molar refractivity (Wildman–Crippen MR) is 76.6 cm³/mol. The molecule has 0 atom stereocenters. The Bertz CT molecular complexity index is 678. The molecular weight excluding hydrogens is 268 g/mol. The minimum absolute atomic E-state index is 0.219. The summed E-state index contributed by atoms with van der Waals surface area (Å²) >= 11 is 0. The number of nitriles is 1. The lowest BCUT2D eigenvalue weighted by atomic mass is 10.2. The predicted octanol–water partition coefficient (Wildman–Crippen LogP) is 1.48. The molecule has 0 aliphatic heterocycles. The maximum atomic E-state index is 11.6. The van der Waals surface area contributed by atoms with Gasteiger partial charge in [0.15, 0.2) is 6.61 Å². The van der Waals surface area contributed by atoms with E-state index in [0.717, 1.165) is 5.56 Å². The Kier molecular flexibility index (Phi) is 5.01. The molecule has 1 N–H and O–H groups in total. The van der Waals surface area contributed by atoms with Gasteiger partial charge in [0.05, 0.1) is 11.8 Å². The van der Waals surface area contributed by atoms with Gasteiger partial charge in [0.2, 0.25) is 0 Å². The summed E-state index contributed by atoms with van der Waals surface area (Å²) in [5.41, 5.74) is 3.48. The molecule has 1 heterocycles. The number of aromatic nitrogens is 1. The normalized spacial score (nSPS) is 10.0. The Morgan fingerprint density at radius 2 is 2.24 bits per heavy atom. The summed E-state index contributed by atoms with van der Waals surface area (Å²) in [5.74, 6) is -0.0470.